The van der Waals surface area contributed by atoms with Crippen molar-refractivity contribution in [1.82, 2.24) is 4.31 Å². The summed E-state index contributed by atoms with van der Waals surface area (Å²) in [6, 6.07) is 19.3. The number of fused-ring (bicyclic) bond motifs is 1. The van der Waals surface area contributed by atoms with E-state index in [2.05, 4.69) is 5.32 Å². The molecule has 3 aromatic carbocycles. The van der Waals surface area contributed by atoms with Gasteiger partial charge in [0.25, 0.3) is 0 Å². The first-order chi connectivity index (χ1) is 14.8. The third-order valence-electron chi connectivity index (χ3n) is 6.00. The minimum Gasteiger partial charge on any atom is -0.324 e. The summed E-state index contributed by atoms with van der Waals surface area (Å²) >= 11 is 0. The van der Waals surface area contributed by atoms with Crippen LogP contribution in [0.4, 0.5) is 5.69 Å². The fourth-order valence-electron chi connectivity index (χ4n) is 3.92. The van der Waals surface area contributed by atoms with Gasteiger partial charge in [-0.25, -0.2) is 8.42 Å². The predicted octanol–water partition coefficient (Wildman–Crippen LogP) is 4.37. The van der Waals surface area contributed by atoms with E-state index in [0.717, 1.165) is 27.8 Å². The number of hydrogen-bond acceptors (Lipinski definition) is 3. The molecule has 0 radical (unpaired) electrons. The molecule has 1 amide bonds. The Kier molecular flexibility index (Phi) is 5.69. The van der Waals surface area contributed by atoms with Crippen LogP contribution in [0.1, 0.15) is 27.8 Å². The van der Waals surface area contributed by atoms with Crippen LogP contribution in [0.25, 0.3) is 0 Å². The molecule has 1 heterocycles. The highest BCUT2D eigenvalue weighted by molar-refractivity contribution is 7.89. The lowest BCUT2D eigenvalue weighted by molar-refractivity contribution is -0.120. The van der Waals surface area contributed by atoms with Crippen LogP contribution in [0.5, 0.6) is 0 Å². The summed E-state index contributed by atoms with van der Waals surface area (Å²) in [4.78, 5) is 13.6. The SMILES string of the molecule is Cc1ccc(S(=O)(=O)N2Cc3ccccc3C[C@@H]2C(=O)Nc2cccc(C)c2C)cc1. The molecule has 1 aliphatic heterocycles. The zero-order valence-corrected chi connectivity index (χ0v) is 18.7. The van der Waals surface area contributed by atoms with Gasteiger partial charge < -0.3 is 5.32 Å². The standard InChI is InChI=1S/C25H26N2O3S/c1-17-11-13-22(14-12-17)31(29,30)27-16-21-9-5-4-8-20(21)15-24(27)25(28)26-23-10-6-7-18(2)19(23)3/h4-14,24H,15-16H2,1-3H3,(H,26,28)/t24-/m1/s1. The number of carbonyl (C=O) groups excluding carboxylic acids is 1. The highest BCUT2D eigenvalue weighted by atomic mass is 32.2. The molecule has 0 fully saturated rings. The summed E-state index contributed by atoms with van der Waals surface area (Å²) in [6.07, 6.45) is 0.331. The molecule has 0 saturated heterocycles. The normalized spacial score (nSPS) is 16.5. The smallest absolute Gasteiger partial charge is 0.244 e. The highest BCUT2D eigenvalue weighted by Gasteiger charge is 2.39. The van der Waals surface area contributed by atoms with Crippen molar-refractivity contribution in [2.24, 2.45) is 0 Å². The van der Waals surface area contributed by atoms with E-state index in [1.165, 1.54) is 4.31 Å². The van der Waals surface area contributed by atoms with Crippen LogP contribution >= 0.6 is 0 Å². The van der Waals surface area contributed by atoms with Crippen LogP contribution in [0.3, 0.4) is 0 Å². The molecule has 0 unspecified atom stereocenters. The topological polar surface area (TPSA) is 66.5 Å². The zero-order chi connectivity index (χ0) is 22.2. The molecule has 160 valence electrons. The molecule has 1 aliphatic rings. The Labute approximate surface area is 183 Å². The minimum absolute atomic E-state index is 0.164. The number of nitrogens with zero attached hydrogens (tertiary/aromatic N) is 1. The van der Waals surface area contributed by atoms with Crippen molar-refractivity contribution in [3.05, 3.63) is 94.5 Å². The predicted molar refractivity (Wildman–Crippen MR) is 122 cm³/mol. The molecule has 0 spiro atoms. The Morgan fingerprint density at radius 1 is 0.903 bits per heavy atom. The first-order valence-corrected chi connectivity index (χ1v) is 11.7. The average molecular weight is 435 g/mol. The number of nitrogens with one attached hydrogen (secondary N) is 1. The fourth-order valence-corrected chi connectivity index (χ4v) is 5.49. The van der Waals surface area contributed by atoms with Crippen LogP contribution in [0.15, 0.2) is 71.6 Å². The van der Waals surface area contributed by atoms with Gasteiger partial charge in [0.15, 0.2) is 0 Å². The third kappa shape index (κ3) is 4.13. The number of benzene rings is 3. The fraction of sp³-hybridized carbons (Fsp3) is 0.240. The van der Waals surface area contributed by atoms with Gasteiger partial charge >= 0.3 is 0 Å². The average Bonchev–Trinajstić information content (AvgIpc) is 2.76. The third-order valence-corrected chi connectivity index (χ3v) is 7.87. The molecular weight excluding hydrogens is 408 g/mol. The lowest BCUT2D eigenvalue weighted by Crippen LogP contribution is -2.50. The van der Waals surface area contributed by atoms with E-state index < -0.39 is 16.1 Å². The molecule has 3 aromatic rings. The molecule has 4 rings (SSSR count). The summed E-state index contributed by atoms with van der Waals surface area (Å²) in [5, 5.41) is 2.97. The van der Waals surface area contributed by atoms with E-state index in [0.29, 0.717) is 12.1 Å². The Balaban J connectivity index is 1.73. The van der Waals surface area contributed by atoms with Crippen LogP contribution in [-0.2, 0) is 27.8 Å². The molecule has 0 aliphatic carbocycles. The van der Waals surface area contributed by atoms with E-state index in [1.807, 2.05) is 63.2 Å². The van der Waals surface area contributed by atoms with Crippen molar-refractivity contribution in [2.75, 3.05) is 5.32 Å². The van der Waals surface area contributed by atoms with Gasteiger partial charge in [-0.15, -0.1) is 0 Å². The number of carbonyl (C=O) groups is 1. The molecule has 5 nitrogen and oxygen atoms in total. The lowest BCUT2D eigenvalue weighted by Gasteiger charge is -2.35. The molecule has 1 N–H and O–H groups in total. The zero-order valence-electron chi connectivity index (χ0n) is 17.9. The number of rotatable bonds is 4. The maximum absolute atomic E-state index is 13.5. The maximum atomic E-state index is 13.5. The monoisotopic (exact) mass is 434 g/mol. The van der Waals surface area contributed by atoms with Crippen LogP contribution in [0.2, 0.25) is 0 Å². The van der Waals surface area contributed by atoms with Gasteiger partial charge in [-0.1, -0.05) is 54.1 Å². The summed E-state index contributed by atoms with van der Waals surface area (Å²) in [5.41, 5.74) is 5.65. The summed E-state index contributed by atoms with van der Waals surface area (Å²) < 4.78 is 28.4. The molecule has 0 aromatic heterocycles. The number of aryl methyl sites for hydroxylation is 2. The summed E-state index contributed by atoms with van der Waals surface area (Å²) in [5.74, 6) is -0.320. The Morgan fingerprint density at radius 2 is 1.58 bits per heavy atom. The minimum atomic E-state index is -3.85. The van der Waals surface area contributed by atoms with Crippen molar-refractivity contribution in [2.45, 2.75) is 44.7 Å². The van der Waals surface area contributed by atoms with E-state index in [-0.39, 0.29) is 17.3 Å². The molecular formula is C25H26N2O3S. The van der Waals surface area contributed by atoms with Crippen LogP contribution in [0, 0.1) is 20.8 Å². The largest absolute Gasteiger partial charge is 0.324 e. The number of anilines is 1. The second-order valence-corrected chi connectivity index (χ2v) is 9.98. The maximum Gasteiger partial charge on any atom is 0.244 e. The molecule has 0 saturated carbocycles. The lowest BCUT2D eigenvalue weighted by atomic mass is 9.95. The number of sulfonamides is 1. The van der Waals surface area contributed by atoms with Crippen LogP contribution in [-0.4, -0.2) is 24.7 Å². The van der Waals surface area contributed by atoms with Crippen molar-refractivity contribution >= 4 is 21.6 Å². The number of amides is 1. The van der Waals surface area contributed by atoms with E-state index >= 15 is 0 Å². The Hall–Kier alpha value is -2.96. The van der Waals surface area contributed by atoms with Crippen molar-refractivity contribution < 1.29 is 13.2 Å². The summed E-state index contributed by atoms with van der Waals surface area (Å²) in [7, 11) is -3.85. The second kappa shape index (κ2) is 8.29. The van der Waals surface area contributed by atoms with Gasteiger partial charge in [0.05, 0.1) is 4.90 Å². The number of hydrogen-bond donors (Lipinski definition) is 1. The Bertz CT molecular complexity index is 1230. The van der Waals surface area contributed by atoms with E-state index in [1.54, 1.807) is 24.3 Å². The Morgan fingerprint density at radius 3 is 2.29 bits per heavy atom. The first kappa shape index (κ1) is 21.3. The van der Waals surface area contributed by atoms with Crippen molar-refractivity contribution in [3.8, 4) is 0 Å². The van der Waals surface area contributed by atoms with Gasteiger partial charge in [0.2, 0.25) is 15.9 Å². The van der Waals surface area contributed by atoms with Gasteiger partial charge in [-0.3, -0.25) is 4.79 Å². The van der Waals surface area contributed by atoms with E-state index in [4.69, 9.17) is 0 Å². The quantitative estimate of drug-likeness (QED) is 0.663. The van der Waals surface area contributed by atoms with Crippen LogP contribution < -0.4 is 5.32 Å². The van der Waals surface area contributed by atoms with Gasteiger partial charge in [0, 0.05) is 12.2 Å². The van der Waals surface area contributed by atoms with Gasteiger partial charge in [-0.05, 0) is 67.6 Å². The molecule has 1 atom stereocenters. The molecule has 31 heavy (non-hydrogen) atoms. The first-order valence-electron chi connectivity index (χ1n) is 10.3. The molecule has 6 heteroatoms. The molecule has 0 bridgehead atoms. The second-order valence-electron chi connectivity index (χ2n) is 8.09. The summed E-state index contributed by atoms with van der Waals surface area (Å²) in [6.45, 7) is 6.00. The van der Waals surface area contributed by atoms with Crippen molar-refractivity contribution in [1.29, 1.82) is 0 Å². The van der Waals surface area contributed by atoms with E-state index in [9.17, 15) is 13.2 Å². The highest BCUT2D eigenvalue weighted by Crippen LogP contribution is 2.30. The van der Waals surface area contributed by atoms with Gasteiger partial charge in [-0.2, -0.15) is 4.31 Å². The van der Waals surface area contributed by atoms with Gasteiger partial charge in [0.1, 0.15) is 6.04 Å². The van der Waals surface area contributed by atoms with Crippen molar-refractivity contribution in [3.63, 3.8) is 0 Å².